The summed E-state index contributed by atoms with van der Waals surface area (Å²) in [5.41, 5.74) is 2.40. The van der Waals surface area contributed by atoms with Crippen LogP contribution in [0.4, 0.5) is 0 Å². The Hall–Kier alpha value is -1.06. The third-order valence-electron chi connectivity index (χ3n) is 2.66. The molecule has 90 valence electrons. The van der Waals surface area contributed by atoms with Gasteiger partial charge in [0, 0.05) is 30.4 Å². The quantitative estimate of drug-likeness (QED) is 0.793. The first-order valence-electron chi connectivity index (χ1n) is 6.03. The highest BCUT2D eigenvalue weighted by Crippen LogP contribution is 2.15. The van der Waals surface area contributed by atoms with Crippen molar-refractivity contribution in [2.75, 3.05) is 18.1 Å². The molecule has 2 nitrogen and oxygen atoms in total. The Morgan fingerprint density at radius 3 is 3.00 bits per heavy atom. The summed E-state index contributed by atoms with van der Waals surface area (Å²) in [6, 6.07) is 10.5. The zero-order valence-corrected chi connectivity index (χ0v) is 11.0. The summed E-state index contributed by atoms with van der Waals surface area (Å²) in [5, 5.41) is 4.69. The molecule has 2 aromatic rings. The predicted octanol–water partition coefficient (Wildman–Crippen LogP) is 3.08. The van der Waals surface area contributed by atoms with Crippen LogP contribution >= 0.6 is 11.8 Å². The molecule has 0 atom stereocenters. The van der Waals surface area contributed by atoms with Gasteiger partial charge >= 0.3 is 0 Å². The molecule has 0 amide bonds. The van der Waals surface area contributed by atoms with Crippen LogP contribution in [0.1, 0.15) is 12.5 Å². The van der Waals surface area contributed by atoms with Crippen LogP contribution in [0.2, 0.25) is 0 Å². The van der Waals surface area contributed by atoms with Crippen LogP contribution < -0.4 is 5.32 Å². The van der Waals surface area contributed by atoms with Gasteiger partial charge in [0.2, 0.25) is 0 Å². The van der Waals surface area contributed by atoms with E-state index in [4.69, 9.17) is 0 Å². The molecular formula is C14H18N2S. The molecule has 0 aliphatic heterocycles. The molecule has 1 heterocycles. The number of hydrogen-bond acceptors (Lipinski definition) is 3. The van der Waals surface area contributed by atoms with Crippen molar-refractivity contribution in [3.63, 3.8) is 0 Å². The molecule has 1 aromatic heterocycles. The summed E-state index contributed by atoms with van der Waals surface area (Å²) in [7, 11) is 0. The molecule has 0 saturated heterocycles. The number of nitrogens with zero attached hydrogens (tertiary/aromatic N) is 1. The van der Waals surface area contributed by atoms with Gasteiger partial charge in [0.15, 0.2) is 0 Å². The minimum atomic E-state index is 0.901. The van der Waals surface area contributed by atoms with Crippen molar-refractivity contribution in [1.82, 2.24) is 10.3 Å². The maximum absolute atomic E-state index is 4.45. The zero-order valence-electron chi connectivity index (χ0n) is 10.1. The van der Waals surface area contributed by atoms with Gasteiger partial charge in [0.25, 0.3) is 0 Å². The zero-order chi connectivity index (χ0) is 11.9. The second kappa shape index (κ2) is 6.62. The predicted molar refractivity (Wildman–Crippen MR) is 76.4 cm³/mol. The first-order valence-corrected chi connectivity index (χ1v) is 7.18. The van der Waals surface area contributed by atoms with Crippen LogP contribution in [0.5, 0.6) is 0 Å². The van der Waals surface area contributed by atoms with Crippen LogP contribution in [-0.2, 0) is 6.54 Å². The molecule has 1 N–H and O–H groups in total. The van der Waals surface area contributed by atoms with Crippen molar-refractivity contribution in [3.8, 4) is 0 Å². The number of rotatable bonds is 6. The molecule has 3 heteroatoms. The van der Waals surface area contributed by atoms with Crippen molar-refractivity contribution in [3.05, 3.63) is 42.1 Å². The highest BCUT2D eigenvalue weighted by Gasteiger charge is 2.00. The Morgan fingerprint density at radius 2 is 2.12 bits per heavy atom. The largest absolute Gasteiger partial charge is 0.312 e. The summed E-state index contributed by atoms with van der Waals surface area (Å²) in [6.07, 6.45) is 1.86. The van der Waals surface area contributed by atoms with Crippen molar-refractivity contribution < 1.29 is 0 Å². The second-order valence-electron chi connectivity index (χ2n) is 3.87. The van der Waals surface area contributed by atoms with Gasteiger partial charge < -0.3 is 5.32 Å². The Morgan fingerprint density at radius 1 is 1.24 bits per heavy atom. The summed E-state index contributed by atoms with van der Waals surface area (Å²) in [4.78, 5) is 4.45. The second-order valence-corrected chi connectivity index (χ2v) is 5.26. The average Bonchev–Trinajstić information content (AvgIpc) is 2.39. The lowest BCUT2D eigenvalue weighted by atomic mass is 10.1. The number of nitrogens with one attached hydrogen (secondary N) is 1. The van der Waals surface area contributed by atoms with Gasteiger partial charge in [-0.15, -0.1) is 0 Å². The molecule has 0 aliphatic carbocycles. The van der Waals surface area contributed by atoms with Gasteiger partial charge in [-0.25, -0.2) is 0 Å². The van der Waals surface area contributed by atoms with E-state index in [0.717, 1.165) is 18.6 Å². The Balaban J connectivity index is 1.98. The number of benzene rings is 1. The third-order valence-corrected chi connectivity index (χ3v) is 3.56. The van der Waals surface area contributed by atoms with Gasteiger partial charge in [-0.3, -0.25) is 4.98 Å². The molecule has 0 radical (unpaired) electrons. The SMILES string of the molecule is CCSCCNCc1cccc2cccnc12. The lowest BCUT2D eigenvalue weighted by Gasteiger charge is -2.07. The minimum Gasteiger partial charge on any atom is -0.312 e. The summed E-state index contributed by atoms with van der Waals surface area (Å²) in [6.45, 7) is 4.15. The molecular weight excluding hydrogens is 228 g/mol. The van der Waals surface area contributed by atoms with Crippen molar-refractivity contribution in [1.29, 1.82) is 0 Å². The summed E-state index contributed by atoms with van der Waals surface area (Å²) in [5.74, 6) is 2.37. The highest BCUT2D eigenvalue weighted by atomic mass is 32.2. The van der Waals surface area contributed by atoms with Gasteiger partial charge in [0.05, 0.1) is 5.52 Å². The number of hydrogen-bond donors (Lipinski definition) is 1. The normalized spacial score (nSPS) is 10.9. The first kappa shape index (κ1) is 12.4. The van der Waals surface area contributed by atoms with Crippen LogP contribution in [0.25, 0.3) is 10.9 Å². The number of pyridine rings is 1. The van der Waals surface area contributed by atoms with E-state index in [0.29, 0.717) is 0 Å². The number of para-hydroxylation sites is 1. The van der Waals surface area contributed by atoms with E-state index in [1.807, 2.05) is 24.0 Å². The highest BCUT2D eigenvalue weighted by molar-refractivity contribution is 7.99. The maximum atomic E-state index is 4.45. The number of aromatic nitrogens is 1. The molecule has 0 unspecified atom stereocenters. The maximum Gasteiger partial charge on any atom is 0.0746 e. The molecule has 2 rings (SSSR count). The van der Waals surface area contributed by atoms with Crippen LogP contribution in [-0.4, -0.2) is 23.0 Å². The van der Waals surface area contributed by atoms with E-state index in [1.165, 1.54) is 22.5 Å². The molecule has 17 heavy (non-hydrogen) atoms. The van der Waals surface area contributed by atoms with E-state index in [2.05, 4.69) is 41.5 Å². The molecule has 0 saturated carbocycles. The molecule has 0 fully saturated rings. The van der Waals surface area contributed by atoms with Gasteiger partial charge in [-0.2, -0.15) is 11.8 Å². The van der Waals surface area contributed by atoms with Crippen molar-refractivity contribution in [2.45, 2.75) is 13.5 Å². The van der Waals surface area contributed by atoms with Crippen LogP contribution in [0.15, 0.2) is 36.5 Å². The van der Waals surface area contributed by atoms with E-state index < -0.39 is 0 Å². The number of fused-ring (bicyclic) bond motifs is 1. The monoisotopic (exact) mass is 246 g/mol. The third kappa shape index (κ3) is 3.45. The average molecular weight is 246 g/mol. The molecule has 1 aromatic carbocycles. The lowest BCUT2D eigenvalue weighted by Crippen LogP contribution is -2.16. The van der Waals surface area contributed by atoms with E-state index in [-0.39, 0.29) is 0 Å². The topological polar surface area (TPSA) is 24.9 Å². The van der Waals surface area contributed by atoms with E-state index >= 15 is 0 Å². The fourth-order valence-electron chi connectivity index (χ4n) is 1.82. The van der Waals surface area contributed by atoms with Crippen LogP contribution in [0.3, 0.4) is 0 Å². The standard InChI is InChI=1S/C14H18N2S/c1-2-17-10-9-15-11-13-6-3-5-12-7-4-8-16-14(12)13/h3-8,15H,2,9-11H2,1H3. The first-order chi connectivity index (χ1) is 8.42. The van der Waals surface area contributed by atoms with Crippen LogP contribution in [0, 0.1) is 0 Å². The Kier molecular flexibility index (Phi) is 4.83. The Labute approximate surface area is 107 Å². The van der Waals surface area contributed by atoms with E-state index in [1.54, 1.807) is 0 Å². The summed E-state index contributed by atoms with van der Waals surface area (Å²) < 4.78 is 0. The molecule has 0 spiro atoms. The summed E-state index contributed by atoms with van der Waals surface area (Å²) >= 11 is 1.97. The lowest BCUT2D eigenvalue weighted by molar-refractivity contribution is 0.735. The van der Waals surface area contributed by atoms with Crippen molar-refractivity contribution >= 4 is 22.7 Å². The van der Waals surface area contributed by atoms with Gasteiger partial charge in [0.1, 0.15) is 0 Å². The van der Waals surface area contributed by atoms with Crippen molar-refractivity contribution in [2.24, 2.45) is 0 Å². The fourth-order valence-corrected chi connectivity index (χ4v) is 2.40. The minimum absolute atomic E-state index is 0.901. The van der Waals surface area contributed by atoms with Gasteiger partial charge in [-0.05, 0) is 17.4 Å². The fraction of sp³-hybridized carbons (Fsp3) is 0.357. The molecule has 0 aliphatic rings. The smallest absolute Gasteiger partial charge is 0.0746 e. The van der Waals surface area contributed by atoms with E-state index in [9.17, 15) is 0 Å². The molecule has 0 bridgehead atoms. The Bertz CT molecular complexity index is 465. The number of thioether (sulfide) groups is 1. The van der Waals surface area contributed by atoms with Gasteiger partial charge in [-0.1, -0.05) is 31.2 Å².